The lowest BCUT2D eigenvalue weighted by Gasteiger charge is -2.30. The highest BCUT2D eigenvalue weighted by Gasteiger charge is 2.19. The highest BCUT2D eigenvalue weighted by Crippen LogP contribution is 2.26. The Morgan fingerprint density at radius 2 is 1.74 bits per heavy atom. The summed E-state index contributed by atoms with van der Waals surface area (Å²) in [6.45, 7) is 3.09. The average molecular weight is 460 g/mol. The van der Waals surface area contributed by atoms with Crippen LogP contribution in [0, 0.1) is 11.7 Å². The van der Waals surface area contributed by atoms with Crippen molar-refractivity contribution in [3.05, 3.63) is 87.7 Å². The van der Waals surface area contributed by atoms with Crippen molar-refractivity contribution < 1.29 is 4.39 Å². The van der Waals surface area contributed by atoms with Crippen LogP contribution in [0.1, 0.15) is 49.1 Å². The quantitative estimate of drug-likeness (QED) is 0.362. The van der Waals surface area contributed by atoms with Gasteiger partial charge in [-0.05, 0) is 60.2 Å². The van der Waals surface area contributed by atoms with E-state index in [-0.39, 0.29) is 5.82 Å². The van der Waals surface area contributed by atoms with Gasteiger partial charge in [-0.3, -0.25) is 4.90 Å². The SMILES string of the molecule is Fc1cccc(CN(Cc2nccn2Cc2cc(Cl)cc(Cl)c2)CC2CCCCC2)c1. The van der Waals surface area contributed by atoms with Crippen LogP contribution in [-0.2, 0) is 19.6 Å². The zero-order chi connectivity index (χ0) is 21.6. The van der Waals surface area contributed by atoms with Crippen molar-refractivity contribution in [3.8, 4) is 0 Å². The molecule has 0 radical (unpaired) electrons. The maximum atomic E-state index is 13.8. The maximum Gasteiger partial charge on any atom is 0.123 e. The van der Waals surface area contributed by atoms with Crippen LogP contribution in [0.25, 0.3) is 0 Å². The molecule has 1 fully saturated rings. The van der Waals surface area contributed by atoms with Crippen LogP contribution in [0.3, 0.4) is 0 Å². The van der Waals surface area contributed by atoms with Gasteiger partial charge in [0.05, 0.1) is 6.54 Å². The summed E-state index contributed by atoms with van der Waals surface area (Å²) in [6, 6.07) is 12.5. The Bertz CT molecular complexity index is 978. The predicted molar refractivity (Wildman–Crippen MR) is 125 cm³/mol. The molecule has 0 atom stereocenters. The van der Waals surface area contributed by atoms with Gasteiger partial charge in [-0.25, -0.2) is 9.37 Å². The number of aromatic nitrogens is 2. The van der Waals surface area contributed by atoms with Crippen molar-refractivity contribution in [2.75, 3.05) is 6.54 Å². The Hall–Kier alpha value is -1.88. The molecule has 0 saturated heterocycles. The largest absolute Gasteiger partial charge is 0.329 e. The van der Waals surface area contributed by atoms with Crippen LogP contribution in [0.2, 0.25) is 10.0 Å². The molecule has 3 aromatic rings. The molecule has 164 valence electrons. The van der Waals surface area contributed by atoms with Gasteiger partial charge >= 0.3 is 0 Å². The van der Waals surface area contributed by atoms with Crippen molar-refractivity contribution in [2.24, 2.45) is 5.92 Å². The predicted octanol–water partition coefficient (Wildman–Crippen LogP) is 6.96. The van der Waals surface area contributed by atoms with E-state index in [1.54, 1.807) is 18.2 Å². The first-order chi connectivity index (χ1) is 15.0. The Morgan fingerprint density at radius 1 is 0.968 bits per heavy atom. The maximum absolute atomic E-state index is 13.8. The van der Waals surface area contributed by atoms with Crippen molar-refractivity contribution >= 4 is 23.2 Å². The average Bonchev–Trinajstić information content (AvgIpc) is 3.14. The molecule has 1 aromatic heterocycles. The van der Waals surface area contributed by atoms with Crippen LogP contribution in [0.5, 0.6) is 0 Å². The lowest BCUT2D eigenvalue weighted by atomic mass is 9.89. The van der Waals surface area contributed by atoms with E-state index in [0.717, 1.165) is 23.5 Å². The molecular weight excluding hydrogens is 432 g/mol. The fraction of sp³-hybridized carbons (Fsp3) is 0.400. The van der Waals surface area contributed by atoms with Crippen LogP contribution >= 0.6 is 23.2 Å². The normalized spacial score (nSPS) is 15.0. The third-order valence-electron chi connectivity index (χ3n) is 5.98. The zero-order valence-electron chi connectivity index (χ0n) is 17.6. The smallest absolute Gasteiger partial charge is 0.123 e. The first kappa shape index (κ1) is 22.3. The van der Waals surface area contributed by atoms with Gasteiger partial charge < -0.3 is 4.57 Å². The molecule has 0 aliphatic heterocycles. The first-order valence-corrected chi connectivity index (χ1v) is 11.7. The number of halogens is 3. The molecule has 0 N–H and O–H groups in total. The van der Waals surface area contributed by atoms with Gasteiger partial charge in [0.1, 0.15) is 11.6 Å². The molecular formula is C25H28Cl2FN3. The highest BCUT2D eigenvalue weighted by molar-refractivity contribution is 6.34. The van der Waals surface area contributed by atoms with E-state index in [1.165, 1.54) is 38.2 Å². The number of nitrogens with zero attached hydrogens (tertiary/aromatic N) is 3. The van der Waals surface area contributed by atoms with Crippen molar-refractivity contribution in [2.45, 2.75) is 51.7 Å². The van der Waals surface area contributed by atoms with Gasteiger partial charge in [0.25, 0.3) is 0 Å². The Labute approximate surface area is 193 Å². The van der Waals surface area contributed by atoms with E-state index < -0.39 is 0 Å². The van der Waals surface area contributed by atoms with Crippen LogP contribution in [-0.4, -0.2) is 21.0 Å². The fourth-order valence-electron chi connectivity index (χ4n) is 4.55. The third kappa shape index (κ3) is 6.55. The summed E-state index contributed by atoms with van der Waals surface area (Å²) in [4.78, 5) is 7.04. The van der Waals surface area contributed by atoms with Gasteiger partial charge in [-0.15, -0.1) is 0 Å². The number of benzene rings is 2. The topological polar surface area (TPSA) is 21.1 Å². The van der Waals surface area contributed by atoms with E-state index in [9.17, 15) is 4.39 Å². The minimum absolute atomic E-state index is 0.186. The summed E-state index contributed by atoms with van der Waals surface area (Å²) in [5.74, 6) is 1.50. The van der Waals surface area contributed by atoms with Crippen LogP contribution in [0.4, 0.5) is 4.39 Å². The molecule has 0 unspecified atom stereocenters. The molecule has 1 heterocycles. The molecule has 0 bridgehead atoms. The summed E-state index contributed by atoms with van der Waals surface area (Å²) in [5.41, 5.74) is 2.04. The number of imidazole rings is 1. The summed E-state index contributed by atoms with van der Waals surface area (Å²) < 4.78 is 15.9. The molecule has 1 aliphatic carbocycles. The van der Waals surface area contributed by atoms with Gasteiger partial charge in [0.2, 0.25) is 0 Å². The van der Waals surface area contributed by atoms with Crippen molar-refractivity contribution in [3.63, 3.8) is 0 Å². The van der Waals surface area contributed by atoms with Crippen molar-refractivity contribution in [1.82, 2.24) is 14.5 Å². The molecule has 0 spiro atoms. The van der Waals surface area contributed by atoms with Gasteiger partial charge in [0, 0.05) is 42.1 Å². The molecule has 6 heteroatoms. The monoisotopic (exact) mass is 459 g/mol. The van der Waals surface area contributed by atoms with Gasteiger partial charge in [-0.1, -0.05) is 54.6 Å². The first-order valence-electron chi connectivity index (χ1n) is 11.0. The Kier molecular flexibility index (Phi) is 7.65. The molecule has 4 rings (SSSR count). The minimum Gasteiger partial charge on any atom is -0.329 e. The lowest BCUT2D eigenvalue weighted by Crippen LogP contribution is -2.31. The molecule has 2 aromatic carbocycles. The lowest BCUT2D eigenvalue weighted by molar-refractivity contribution is 0.181. The van der Waals surface area contributed by atoms with E-state index >= 15 is 0 Å². The number of rotatable bonds is 8. The van der Waals surface area contributed by atoms with E-state index in [4.69, 9.17) is 23.2 Å². The van der Waals surface area contributed by atoms with Crippen LogP contribution in [0.15, 0.2) is 54.9 Å². The molecule has 1 aliphatic rings. The number of hydrogen-bond acceptors (Lipinski definition) is 2. The Balaban J connectivity index is 1.51. The second kappa shape index (κ2) is 10.6. The standard InChI is InChI=1S/C25H28Cl2FN3/c26-22-11-21(12-23(27)14-22)17-31-10-9-29-25(31)18-30(15-19-5-2-1-3-6-19)16-20-7-4-8-24(28)13-20/h4,7-14,19H,1-3,5-6,15-18H2. The summed E-state index contributed by atoms with van der Waals surface area (Å²) >= 11 is 12.4. The fourth-order valence-corrected chi connectivity index (χ4v) is 5.12. The molecule has 0 amide bonds. The number of hydrogen-bond donors (Lipinski definition) is 0. The summed E-state index contributed by atoms with van der Waals surface area (Å²) in [5, 5.41) is 1.27. The molecule has 1 saturated carbocycles. The van der Waals surface area contributed by atoms with E-state index in [2.05, 4.69) is 14.5 Å². The highest BCUT2D eigenvalue weighted by atomic mass is 35.5. The summed E-state index contributed by atoms with van der Waals surface area (Å²) in [7, 11) is 0. The molecule has 31 heavy (non-hydrogen) atoms. The van der Waals surface area contributed by atoms with Crippen molar-refractivity contribution in [1.29, 1.82) is 0 Å². The second-order valence-electron chi connectivity index (χ2n) is 8.55. The summed E-state index contributed by atoms with van der Waals surface area (Å²) in [6.07, 6.45) is 10.3. The third-order valence-corrected chi connectivity index (χ3v) is 6.41. The second-order valence-corrected chi connectivity index (χ2v) is 9.43. The van der Waals surface area contributed by atoms with Crippen LogP contribution < -0.4 is 0 Å². The van der Waals surface area contributed by atoms with E-state index in [0.29, 0.717) is 35.6 Å². The Morgan fingerprint density at radius 3 is 2.48 bits per heavy atom. The van der Waals surface area contributed by atoms with Gasteiger partial charge in [0.15, 0.2) is 0 Å². The van der Waals surface area contributed by atoms with E-state index in [1.807, 2.05) is 30.6 Å². The minimum atomic E-state index is -0.186. The zero-order valence-corrected chi connectivity index (χ0v) is 19.1. The molecule has 3 nitrogen and oxygen atoms in total. The van der Waals surface area contributed by atoms with Gasteiger partial charge in [-0.2, -0.15) is 0 Å².